The largest absolute Gasteiger partial charge is 0.396 e. The molecule has 1 heterocycles. The molecule has 3 N–H and O–H groups in total. The Morgan fingerprint density at radius 2 is 2.17 bits per heavy atom. The predicted molar refractivity (Wildman–Crippen MR) is 92.2 cm³/mol. The van der Waals surface area contributed by atoms with Gasteiger partial charge < -0.3 is 11.1 Å². The molecule has 3 rings (SSSR count). The first-order chi connectivity index (χ1) is 11.2. The van der Waals surface area contributed by atoms with E-state index in [9.17, 15) is 4.79 Å². The third-order valence-electron chi connectivity index (χ3n) is 4.71. The fourth-order valence-electron chi connectivity index (χ4n) is 2.96. The number of unbranched alkanes of at least 4 members (excludes halogenated alkanes) is 1. The van der Waals surface area contributed by atoms with Gasteiger partial charge in [0.25, 0.3) is 5.91 Å². The smallest absolute Gasteiger partial charge is 0.273 e. The van der Waals surface area contributed by atoms with Crippen LogP contribution in [0.5, 0.6) is 0 Å². The van der Waals surface area contributed by atoms with Crippen LogP contribution in [0.25, 0.3) is 10.9 Å². The van der Waals surface area contributed by atoms with Crippen molar-refractivity contribution >= 4 is 22.5 Å². The van der Waals surface area contributed by atoms with E-state index in [4.69, 9.17) is 5.73 Å². The van der Waals surface area contributed by atoms with Crippen LogP contribution in [-0.2, 0) is 6.42 Å². The zero-order valence-electron chi connectivity index (χ0n) is 13.6. The van der Waals surface area contributed by atoms with Crippen molar-refractivity contribution in [3.8, 4) is 0 Å². The molecular weight excluding hydrogens is 288 g/mol. The monoisotopic (exact) mass is 312 g/mol. The molecule has 1 aromatic heterocycles. The van der Waals surface area contributed by atoms with Gasteiger partial charge in [0.15, 0.2) is 5.69 Å². The highest BCUT2D eigenvalue weighted by Crippen LogP contribution is 2.27. The molecule has 1 aliphatic carbocycles. The maximum absolute atomic E-state index is 12.3. The van der Waals surface area contributed by atoms with Gasteiger partial charge in [0.05, 0.1) is 11.2 Å². The number of hydrogen-bond donors (Lipinski definition) is 2. The van der Waals surface area contributed by atoms with E-state index >= 15 is 0 Å². The third kappa shape index (κ3) is 3.28. The number of rotatable bonds is 6. The Kier molecular flexibility index (Phi) is 4.74. The Hall–Kier alpha value is -2.17. The fourth-order valence-corrected chi connectivity index (χ4v) is 2.96. The van der Waals surface area contributed by atoms with Crippen molar-refractivity contribution in [2.75, 3.05) is 12.3 Å². The van der Waals surface area contributed by atoms with Crippen molar-refractivity contribution in [2.24, 2.45) is 5.92 Å². The molecule has 2 aromatic rings. The number of aromatic nitrogens is 2. The summed E-state index contributed by atoms with van der Waals surface area (Å²) in [5.41, 5.74) is 8.83. The lowest BCUT2D eigenvalue weighted by Gasteiger charge is -2.25. The van der Waals surface area contributed by atoms with Crippen molar-refractivity contribution in [3.05, 3.63) is 29.5 Å². The van der Waals surface area contributed by atoms with E-state index < -0.39 is 0 Å². The van der Waals surface area contributed by atoms with Crippen molar-refractivity contribution in [1.82, 2.24) is 15.5 Å². The summed E-state index contributed by atoms with van der Waals surface area (Å²) < 4.78 is 0. The molecule has 0 saturated heterocycles. The average Bonchev–Trinajstić information content (AvgIpc) is 2.51. The Balaban J connectivity index is 1.84. The summed E-state index contributed by atoms with van der Waals surface area (Å²) in [7, 11) is 0. The number of aryl methyl sites for hydroxylation is 1. The molecule has 1 amide bonds. The van der Waals surface area contributed by atoms with E-state index in [1.54, 1.807) is 0 Å². The fraction of sp³-hybridized carbons (Fsp3) is 0.500. The summed E-state index contributed by atoms with van der Waals surface area (Å²) in [5, 5.41) is 12.2. The molecule has 0 radical (unpaired) electrons. The van der Waals surface area contributed by atoms with Gasteiger partial charge in [0.1, 0.15) is 0 Å². The molecule has 0 bridgehead atoms. The summed E-state index contributed by atoms with van der Waals surface area (Å²) in [5.74, 6) is 0.386. The zero-order chi connectivity index (χ0) is 16.2. The second-order valence-corrected chi connectivity index (χ2v) is 6.39. The topological polar surface area (TPSA) is 80.9 Å². The van der Waals surface area contributed by atoms with E-state index in [1.807, 2.05) is 12.1 Å². The van der Waals surface area contributed by atoms with Crippen LogP contribution in [0.15, 0.2) is 18.2 Å². The summed E-state index contributed by atoms with van der Waals surface area (Å²) >= 11 is 0. The summed E-state index contributed by atoms with van der Waals surface area (Å²) in [4.78, 5) is 12.3. The first-order valence-electron chi connectivity index (χ1n) is 8.52. The van der Waals surface area contributed by atoms with Crippen LogP contribution in [0.4, 0.5) is 5.69 Å². The van der Waals surface area contributed by atoms with Gasteiger partial charge in [0.2, 0.25) is 0 Å². The number of fused-ring (bicyclic) bond motifs is 1. The van der Waals surface area contributed by atoms with Gasteiger partial charge in [-0.25, -0.2) is 0 Å². The van der Waals surface area contributed by atoms with Crippen molar-refractivity contribution in [2.45, 2.75) is 45.4 Å². The number of nitrogens with two attached hydrogens (primary N) is 1. The summed E-state index contributed by atoms with van der Waals surface area (Å²) in [6.45, 7) is 2.87. The van der Waals surface area contributed by atoms with E-state index in [2.05, 4.69) is 28.5 Å². The Morgan fingerprint density at radius 3 is 2.87 bits per heavy atom. The molecule has 5 nitrogen and oxygen atoms in total. The normalized spacial score (nSPS) is 14.7. The predicted octanol–water partition coefficient (Wildman–Crippen LogP) is 3.08. The Morgan fingerprint density at radius 1 is 1.35 bits per heavy atom. The first-order valence-corrected chi connectivity index (χ1v) is 8.52. The first kappa shape index (κ1) is 15.7. The molecule has 0 atom stereocenters. The number of benzene rings is 1. The van der Waals surface area contributed by atoms with Gasteiger partial charge in [-0.1, -0.05) is 38.0 Å². The lowest BCUT2D eigenvalue weighted by Crippen LogP contribution is -2.33. The van der Waals surface area contributed by atoms with Crippen LogP contribution >= 0.6 is 0 Å². The molecule has 0 unspecified atom stereocenters. The molecule has 1 saturated carbocycles. The molecule has 122 valence electrons. The number of amides is 1. The van der Waals surface area contributed by atoms with E-state index in [1.165, 1.54) is 19.3 Å². The summed E-state index contributed by atoms with van der Waals surface area (Å²) in [6.07, 6.45) is 6.83. The highest BCUT2D eigenvalue weighted by molar-refractivity contribution is 6.04. The number of hydrogen-bond acceptors (Lipinski definition) is 4. The van der Waals surface area contributed by atoms with Crippen LogP contribution in [0.1, 0.15) is 55.1 Å². The van der Waals surface area contributed by atoms with Gasteiger partial charge in [-0.3, -0.25) is 4.79 Å². The van der Waals surface area contributed by atoms with Gasteiger partial charge in [-0.05, 0) is 37.2 Å². The highest BCUT2D eigenvalue weighted by Gasteiger charge is 2.21. The van der Waals surface area contributed by atoms with Crippen molar-refractivity contribution < 1.29 is 4.79 Å². The maximum Gasteiger partial charge on any atom is 0.273 e. The summed E-state index contributed by atoms with van der Waals surface area (Å²) in [6, 6.07) is 5.95. The number of nitrogen functional groups attached to an aromatic ring is 1. The number of carbonyl (C=O) groups excluding carboxylic acids is 1. The number of anilines is 1. The van der Waals surface area contributed by atoms with E-state index in [-0.39, 0.29) is 11.6 Å². The molecule has 5 heteroatoms. The van der Waals surface area contributed by atoms with Crippen LogP contribution in [0.3, 0.4) is 0 Å². The van der Waals surface area contributed by atoms with Gasteiger partial charge in [-0.15, -0.1) is 10.2 Å². The minimum Gasteiger partial charge on any atom is -0.396 e. The molecular formula is C18H24N4O. The molecule has 1 aromatic carbocycles. The van der Waals surface area contributed by atoms with Gasteiger partial charge >= 0.3 is 0 Å². The number of nitrogens with zero attached hydrogens (tertiary/aromatic N) is 2. The minimum atomic E-state index is -0.220. The van der Waals surface area contributed by atoms with Crippen LogP contribution in [-0.4, -0.2) is 22.6 Å². The van der Waals surface area contributed by atoms with Crippen LogP contribution < -0.4 is 11.1 Å². The highest BCUT2D eigenvalue weighted by atomic mass is 16.1. The zero-order valence-corrected chi connectivity index (χ0v) is 13.6. The third-order valence-corrected chi connectivity index (χ3v) is 4.71. The van der Waals surface area contributed by atoms with Gasteiger partial charge in [-0.2, -0.15) is 0 Å². The molecule has 1 fully saturated rings. The standard InChI is InChI=1S/C18H24N4O/c1-2-3-8-13-9-5-10-14-15(19)17(22-21-16(13)14)18(23)20-11-12-6-4-7-12/h5,9-10,12H,2-4,6-8,11H2,1H3,(H2,19,21)(H,20,23). The minimum absolute atomic E-state index is 0.220. The maximum atomic E-state index is 12.3. The number of nitrogens with one attached hydrogen (secondary N) is 1. The second-order valence-electron chi connectivity index (χ2n) is 6.39. The molecule has 23 heavy (non-hydrogen) atoms. The van der Waals surface area contributed by atoms with Crippen molar-refractivity contribution in [1.29, 1.82) is 0 Å². The molecule has 0 aliphatic heterocycles. The van der Waals surface area contributed by atoms with E-state index in [0.29, 0.717) is 18.2 Å². The van der Waals surface area contributed by atoms with Crippen molar-refractivity contribution in [3.63, 3.8) is 0 Å². The molecule has 0 spiro atoms. The Labute approximate surface area is 136 Å². The number of carbonyl (C=O) groups is 1. The molecule has 1 aliphatic rings. The second kappa shape index (κ2) is 6.94. The lowest BCUT2D eigenvalue weighted by atomic mass is 9.85. The lowest BCUT2D eigenvalue weighted by molar-refractivity contribution is 0.0934. The van der Waals surface area contributed by atoms with Gasteiger partial charge in [0, 0.05) is 11.9 Å². The van der Waals surface area contributed by atoms with Crippen LogP contribution in [0.2, 0.25) is 0 Å². The van der Waals surface area contributed by atoms with Crippen LogP contribution in [0, 0.1) is 5.92 Å². The Bertz CT molecular complexity index is 709. The average molecular weight is 312 g/mol. The van der Waals surface area contributed by atoms with E-state index in [0.717, 1.165) is 35.7 Å². The SMILES string of the molecule is CCCCc1cccc2c(N)c(C(=O)NCC3CCC3)nnc12. The quantitative estimate of drug-likeness (QED) is 0.859.